The normalized spacial score (nSPS) is 19.4. The van der Waals surface area contributed by atoms with Gasteiger partial charge in [-0.2, -0.15) is 0 Å². The number of rotatable bonds is 5. The summed E-state index contributed by atoms with van der Waals surface area (Å²) in [5.74, 6) is 0. The number of nitrogens with zero attached hydrogens (tertiary/aromatic N) is 3. The first-order valence-electron chi connectivity index (χ1n) is 6.49. The fourth-order valence-corrected chi connectivity index (χ4v) is 2.27. The lowest BCUT2D eigenvalue weighted by Gasteiger charge is -2.29. The Morgan fingerprint density at radius 3 is 2.71 bits per heavy atom. The molecule has 1 saturated heterocycles. The molecule has 1 aliphatic heterocycles. The number of hydrogen-bond donors (Lipinski definition) is 1. The summed E-state index contributed by atoms with van der Waals surface area (Å²) in [6, 6.07) is 0.476. The van der Waals surface area contributed by atoms with Gasteiger partial charge in [-0.05, 0) is 39.8 Å². The van der Waals surface area contributed by atoms with Crippen LogP contribution < -0.4 is 5.32 Å². The van der Waals surface area contributed by atoms with Gasteiger partial charge in [-0.1, -0.05) is 16.7 Å². The largest absolute Gasteiger partial charge is 0.307 e. The van der Waals surface area contributed by atoms with E-state index in [4.69, 9.17) is 0 Å². The molecule has 96 valence electrons. The van der Waals surface area contributed by atoms with Gasteiger partial charge in [0.25, 0.3) is 0 Å². The standard InChI is InChI=1S/C12H22N4O/c1-10(9-16-6-4-3-5-7-16)13-8-12-11(2)14-17-15-12/h10,13H,3-9H2,1-2H3. The predicted molar refractivity (Wildman–Crippen MR) is 65.6 cm³/mol. The number of nitrogens with one attached hydrogen (secondary N) is 1. The summed E-state index contributed by atoms with van der Waals surface area (Å²) >= 11 is 0. The van der Waals surface area contributed by atoms with Crippen molar-refractivity contribution in [1.82, 2.24) is 20.5 Å². The van der Waals surface area contributed by atoms with Crippen LogP contribution >= 0.6 is 0 Å². The quantitative estimate of drug-likeness (QED) is 0.839. The minimum absolute atomic E-state index is 0.476. The van der Waals surface area contributed by atoms with Gasteiger partial charge in [0.15, 0.2) is 0 Å². The maximum Gasteiger partial charge on any atom is 0.121 e. The fourth-order valence-electron chi connectivity index (χ4n) is 2.27. The van der Waals surface area contributed by atoms with Gasteiger partial charge in [0.2, 0.25) is 0 Å². The number of likely N-dealkylation sites (tertiary alicyclic amines) is 1. The first kappa shape index (κ1) is 12.5. The van der Waals surface area contributed by atoms with Gasteiger partial charge in [0.05, 0.1) is 0 Å². The Morgan fingerprint density at radius 1 is 1.29 bits per heavy atom. The highest BCUT2D eigenvalue weighted by Crippen LogP contribution is 2.09. The van der Waals surface area contributed by atoms with Crippen LogP contribution in [-0.4, -0.2) is 40.9 Å². The Morgan fingerprint density at radius 2 is 2.06 bits per heavy atom. The van der Waals surface area contributed by atoms with E-state index in [0.717, 1.165) is 24.5 Å². The van der Waals surface area contributed by atoms with Crippen molar-refractivity contribution in [2.75, 3.05) is 19.6 Å². The molecule has 1 atom stereocenters. The topological polar surface area (TPSA) is 54.2 Å². The van der Waals surface area contributed by atoms with Gasteiger partial charge >= 0.3 is 0 Å². The number of hydrogen-bond acceptors (Lipinski definition) is 5. The van der Waals surface area contributed by atoms with Crippen molar-refractivity contribution in [3.63, 3.8) is 0 Å². The highest BCUT2D eigenvalue weighted by molar-refractivity contribution is 5.03. The summed E-state index contributed by atoms with van der Waals surface area (Å²) in [7, 11) is 0. The molecule has 5 nitrogen and oxygen atoms in total. The fraction of sp³-hybridized carbons (Fsp3) is 0.833. The van der Waals surface area contributed by atoms with Gasteiger partial charge < -0.3 is 10.2 Å². The molecule has 0 bridgehead atoms. The zero-order chi connectivity index (χ0) is 12.1. The first-order chi connectivity index (χ1) is 8.25. The summed E-state index contributed by atoms with van der Waals surface area (Å²) in [5, 5.41) is 11.1. The molecule has 1 aromatic rings. The first-order valence-corrected chi connectivity index (χ1v) is 6.49. The Bertz CT molecular complexity index is 333. The molecule has 0 aromatic carbocycles. The Balaban J connectivity index is 1.70. The molecule has 17 heavy (non-hydrogen) atoms. The van der Waals surface area contributed by atoms with Crippen molar-refractivity contribution in [1.29, 1.82) is 0 Å². The lowest BCUT2D eigenvalue weighted by atomic mass is 10.1. The molecule has 0 spiro atoms. The van der Waals surface area contributed by atoms with Crippen molar-refractivity contribution in [2.45, 2.75) is 45.7 Å². The molecule has 2 heterocycles. The van der Waals surface area contributed by atoms with Crippen molar-refractivity contribution in [2.24, 2.45) is 0 Å². The van der Waals surface area contributed by atoms with Crippen LogP contribution in [0.5, 0.6) is 0 Å². The summed E-state index contributed by atoms with van der Waals surface area (Å²) in [4.78, 5) is 2.54. The highest BCUT2D eigenvalue weighted by Gasteiger charge is 2.13. The maximum atomic E-state index is 4.68. The molecule has 1 aliphatic rings. The zero-order valence-electron chi connectivity index (χ0n) is 10.8. The Hall–Kier alpha value is -0.940. The van der Waals surface area contributed by atoms with E-state index < -0.39 is 0 Å². The van der Waals surface area contributed by atoms with Gasteiger partial charge in [0.1, 0.15) is 11.4 Å². The molecule has 1 unspecified atom stereocenters. The van der Waals surface area contributed by atoms with Crippen LogP contribution in [0.4, 0.5) is 0 Å². The third-order valence-corrected chi connectivity index (χ3v) is 3.35. The number of aryl methyl sites for hydroxylation is 1. The van der Waals surface area contributed by atoms with Crippen molar-refractivity contribution < 1.29 is 4.63 Å². The zero-order valence-corrected chi connectivity index (χ0v) is 10.8. The van der Waals surface area contributed by atoms with E-state index in [2.05, 4.69) is 32.1 Å². The minimum atomic E-state index is 0.476. The summed E-state index contributed by atoms with van der Waals surface area (Å²) in [5.41, 5.74) is 1.79. The lowest BCUT2D eigenvalue weighted by Crippen LogP contribution is -2.41. The van der Waals surface area contributed by atoms with E-state index in [1.54, 1.807) is 0 Å². The third kappa shape index (κ3) is 3.78. The molecule has 1 N–H and O–H groups in total. The monoisotopic (exact) mass is 238 g/mol. The minimum Gasteiger partial charge on any atom is -0.307 e. The van der Waals surface area contributed by atoms with E-state index in [1.165, 1.54) is 32.4 Å². The molecular weight excluding hydrogens is 216 g/mol. The highest BCUT2D eigenvalue weighted by atomic mass is 16.6. The van der Waals surface area contributed by atoms with Crippen LogP contribution in [0.1, 0.15) is 37.6 Å². The molecule has 0 amide bonds. The average molecular weight is 238 g/mol. The molecule has 0 radical (unpaired) electrons. The van der Waals surface area contributed by atoms with Gasteiger partial charge in [-0.15, -0.1) is 0 Å². The maximum absolute atomic E-state index is 4.68. The van der Waals surface area contributed by atoms with Crippen LogP contribution in [0, 0.1) is 6.92 Å². The Kier molecular flexibility index (Phi) is 4.50. The molecule has 1 aromatic heterocycles. The molecular formula is C12H22N4O. The van der Waals surface area contributed by atoms with Gasteiger partial charge in [-0.3, -0.25) is 0 Å². The molecule has 2 rings (SSSR count). The van der Waals surface area contributed by atoms with E-state index in [-0.39, 0.29) is 0 Å². The van der Waals surface area contributed by atoms with Crippen molar-refractivity contribution in [3.8, 4) is 0 Å². The average Bonchev–Trinajstić information content (AvgIpc) is 2.74. The summed E-state index contributed by atoms with van der Waals surface area (Å²) in [6.07, 6.45) is 4.08. The smallest absolute Gasteiger partial charge is 0.121 e. The van der Waals surface area contributed by atoms with Crippen molar-refractivity contribution in [3.05, 3.63) is 11.4 Å². The third-order valence-electron chi connectivity index (χ3n) is 3.35. The molecule has 5 heteroatoms. The van der Waals surface area contributed by atoms with E-state index in [0.29, 0.717) is 6.04 Å². The SMILES string of the molecule is Cc1nonc1CNC(C)CN1CCCCC1. The van der Waals surface area contributed by atoms with Crippen LogP contribution in [0.15, 0.2) is 4.63 Å². The van der Waals surface area contributed by atoms with Crippen LogP contribution in [-0.2, 0) is 6.54 Å². The second kappa shape index (κ2) is 6.12. The lowest BCUT2D eigenvalue weighted by molar-refractivity contribution is 0.208. The van der Waals surface area contributed by atoms with Crippen molar-refractivity contribution >= 4 is 0 Å². The van der Waals surface area contributed by atoms with Gasteiger partial charge in [-0.25, -0.2) is 4.63 Å². The van der Waals surface area contributed by atoms with E-state index in [1.807, 2.05) is 6.92 Å². The molecule has 1 fully saturated rings. The Labute approximate surface area is 103 Å². The van der Waals surface area contributed by atoms with Crippen LogP contribution in [0.2, 0.25) is 0 Å². The summed E-state index contributed by atoms with van der Waals surface area (Å²) < 4.78 is 4.68. The summed E-state index contributed by atoms with van der Waals surface area (Å²) in [6.45, 7) is 8.49. The predicted octanol–water partition coefficient (Wildman–Crippen LogP) is 1.34. The molecule has 0 saturated carbocycles. The molecule has 0 aliphatic carbocycles. The van der Waals surface area contributed by atoms with Gasteiger partial charge in [0, 0.05) is 19.1 Å². The van der Waals surface area contributed by atoms with Crippen LogP contribution in [0.25, 0.3) is 0 Å². The number of piperidine rings is 1. The second-order valence-electron chi connectivity index (χ2n) is 4.94. The number of aromatic nitrogens is 2. The van der Waals surface area contributed by atoms with E-state index >= 15 is 0 Å². The second-order valence-corrected chi connectivity index (χ2v) is 4.94. The van der Waals surface area contributed by atoms with E-state index in [9.17, 15) is 0 Å². The van der Waals surface area contributed by atoms with Crippen LogP contribution in [0.3, 0.4) is 0 Å².